The van der Waals surface area contributed by atoms with Crippen LogP contribution in [0.4, 0.5) is 20.2 Å². The molecule has 124 valence electrons. The minimum absolute atomic E-state index is 0.188. The number of benzene rings is 2. The van der Waals surface area contributed by atoms with Crippen molar-refractivity contribution in [3.05, 3.63) is 53.6 Å². The molecule has 0 aliphatic rings. The van der Waals surface area contributed by atoms with E-state index in [0.29, 0.717) is 24.6 Å². The zero-order valence-electron chi connectivity index (χ0n) is 13.2. The van der Waals surface area contributed by atoms with Crippen molar-refractivity contribution >= 4 is 11.4 Å². The maximum absolute atomic E-state index is 13.5. The third-order valence-corrected chi connectivity index (χ3v) is 3.42. The number of hydrogen-bond donors (Lipinski definition) is 2. The van der Waals surface area contributed by atoms with E-state index in [-0.39, 0.29) is 5.69 Å². The molecule has 23 heavy (non-hydrogen) atoms. The fourth-order valence-electron chi connectivity index (χ4n) is 2.25. The van der Waals surface area contributed by atoms with Gasteiger partial charge in [-0.05, 0) is 55.2 Å². The van der Waals surface area contributed by atoms with E-state index in [9.17, 15) is 8.78 Å². The van der Waals surface area contributed by atoms with Gasteiger partial charge in [-0.1, -0.05) is 13.0 Å². The highest BCUT2D eigenvalue weighted by Crippen LogP contribution is 2.23. The van der Waals surface area contributed by atoms with E-state index in [1.54, 1.807) is 0 Å². The first kappa shape index (κ1) is 17.1. The average Bonchev–Trinajstić information content (AvgIpc) is 2.54. The number of nitrogens with one attached hydrogen (secondary N) is 1. The van der Waals surface area contributed by atoms with Crippen LogP contribution in [0, 0.1) is 11.6 Å². The maximum atomic E-state index is 13.5. The Hall–Kier alpha value is -2.30. The van der Waals surface area contributed by atoms with E-state index in [4.69, 9.17) is 10.5 Å². The van der Waals surface area contributed by atoms with Gasteiger partial charge in [-0.2, -0.15) is 0 Å². The van der Waals surface area contributed by atoms with E-state index < -0.39 is 11.6 Å². The zero-order chi connectivity index (χ0) is 16.7. The summed E-state index contributed by atoms with van der Waals surface area (Å²) in [6.07, 6.45) is 2.51. The fraction of sp³-hybridized carbons (Fsp3) is 0.333. The molecule has 0 radical (unpaired) electrons. The standard InChI is InChI=1S/C18H22F2N2O/c1-2-10-23-18-8-5-13(11-16(18)21)4-3-9-22-17-12-14(19)6-7-15(17)20/h5-8,11-12,22H,2-4,9-10,21H2,1H3. The van der Waals surface area contributed by atoms with Crippen LogP contribution in [0.5, 0.6) is 5.75 Å². The molecule has 0 aromatic heterocycles. The summed E-state index contributed by atoms with van der Waals surface area (Å²) in [4.78, 5) is 0. The second-order valence-electron chi connectivity index (χ2n) is 5.38. The number of nitrogen functional groups attached to an aromatic ring is 1. The summed E-state index contributed by atoms with van der Waals surface area (Å²) in [5.41, 5.74) is 7.87. The predicted octanol–water partition coefficient (Wildman–Crippen LogP) is 4.38. The molecule has 2 aromatic rings. The van der Waals surface area contributed by atoms with E-state index in [2.05, 4.69) is 5.32 Å². The Balaban J connectivity index is 1.82. The lowest BCUT2D eigenvalue weighted by Crippen LogP contribution is -2.05. The molecule has 0 aliphatic heterocycles. The number of nitrogens with two attached hydrogens (primary N) is 1. The number of rotatable bonds is 8. The van der Waals surface area contributed by atoms with Crippen LogP contribution in [0.1, 0.15) is 25.3 Å². The smallest absolute Gasteiger partial charge is 0.146 e. The van der Waals surface area contributed by atoms with Crippen LogP contribution in [0.2, 0.25) is 0 Å². The van der Waals surface area contributed by atoms with Gasteiger partial charge in [-0.3, -0.25) is 0 Å². The van der Waals surface area contributed by atoms with Crippen molar-refractivity contribution in [1.82, 2.24) is 0 Å². The van der Waals surface area contributed by atoms with Crippen molar-refractivity contribution in [3.8, 4) is 5.75 Å². The summed E-state index contributed by atoms with van der Waals surface area (Å²) < 4.78 is 32.1. The van der Waals surface area contributed by atoms with Gasteiger partial charge in [0.15, 0.2) is 0 Å². The highest BCUT2D eigenvalue weighted by Gasteiger charge is 2.04. The van der Waals surface area contributed by atoms with Crippen LogP contribution in [0.25, 0.3) is 0 Å². The summed E-state index contributed by atoms with van der Waals surface area (Å²) in [5, 5.41) is 2.91. The second kappa shape index (κ2) is 8.36. The monoisotopic (exact) mass is 320 g/mol. The van der Waals surface area contributed by atoms with E-state index >= 15 is 0 Å². The molecule has 3 nitrogen and oxygen atoms in total. The molecule has 2 aromatic carbocycles. The number of aryl methyl sites for hydroxylation is 1. The molecule has 0 bridgehead atoms. The lowest BCUT2D eigenvalue weighted by atomic mass is 10.1. The molecule has 0 spiro atoms. The predicted molar refractivity (Wildman–Crippen MR) is 89.8 cm³/mol. The fourth-order valence-corrected chi connectivity index (χ4v) is 2.25. The summed E-state index contributed by atoms with van der Waals surface area (Å²) in [6, 6.07) is 9.13. The summed E-state index contributed by atoms with van der Waals surface area (Å²) in [6.45, 7) is 3.24. The van der Waals surface area contributed by atoms with E-state index in [0.717, 1.165) is 43.0 Å². The van der Waals surface area contributed by atoms with Crippen molar-refractivity contribution in [1.29, 1.82) is 0 Å². The Kier molecular flexibility index (Phi) is 6.20. The van der Waals surface area contributed by atoms with Crippen molar-refractivity contribution in [3.63, 3.8) is 0 Å². The molecule has 0 aliphatic carbocycles. The van der Waals surface area contributed by atoms with Gasteiger partial charge >= 0.3 is 0 Å². The topological polar surface area (TPSA) is 47.3 Å². The highest BCUT2D eigenvalue weighted by molar-refractivity contribution is 5.54. The largest absolute Gasteiger partial charge is 0.491 e. The number of ether oxygens (including phenoxy) is 1. The minimum atomic E-state index is -0.454. The molecule has 5 heteroatoms. The molecular formula is C18H22F2N2O. The van der Waals surface area contributed by atoms with Gasteiger partial charge in [0.2, 0.25) is 0 Å². The molecule has 0 atom stereocenters. The summed E-state index contributed by atoms with van der Waals surface area (Å²) in [5.74, 6) is -0.201. The second-order valence-corrected chi connectivity index (χ2v) is 5.38. The van der Waals surface area contributed by atoms with Gasteiger partial charge in [0.05, 0.1) is 18.0 Å². The first-order valence-corrected chi connectivity index (χ1v) is 7.80. The molecular weight excluding hydrogens is 298 g/mol. The number of anilines is 2. The number of hydrogen-bond acceptors (Lipinski definition) is 3. The molecule has 0 fully saturated rings. The van der Waals surface area contributed by atoms with Crippen molar-refractivity contribution in [2.45, 2.75) is 26.2 Å². The summed E-state index contributed by atoms with van der Waals surface area (Å²) >= 11 is 0. The molecule has 0 saturated heterocycles. The molecule has 0 heterocycles. The Morgan fingerprint density at radius 1 is 1.13 bits per heavy atom. The molecule has 3 N–H and O–H groups in total. The lowest BCUT2D eigenvalue weighted by molar-refractivity contribution is 0.319. The molecule has 0 amide bonds. The Bertz CT molecular complexity index is 647. The third-order valence-electron chi connectivity index (χ3n) is 3.42. The lowest BCUT2D eigenvalue weighted by Gasteiger charge is -2.10. The number of halogens is 2. The summed E-state index contributed by atoms with van der Waals surface area (Å²) in [7, 11) is 0. The van der Waals surface area contributed by atoms with Gasteiger partial charge in [-0.15, -0.1) is 0 Å². The highest BCUT2D eigenvalue weighted by atomic mass is 19.1. The van der Waals surface area contributed by atoms with Crippen molar-refractivity contribution in [2.75, 3.05) is 24.2 Å². The van der Waals surface area contributed by atoms with Gasteiger partial charge in [0, 0.05) is 6.54 Å². The SMILES string of the molecule is CCCOc1ccc(CCCNc2cc(F)ccc2F)cc1N. The van der Waals surface area contributed by atoms with Crippen LogP contribution in [-0.4, -0.2) is 13.2 Å². The van der Waals surface area contributed by atoms with Gasteiger partial charge in [0.25, 0.3) is 0 Å². The third kappa shape index (κ3) is 5.13. The van der Waals surface area contributed by atoms with E-state index in [1.165, 1.54) is 0 Å². The Morgan fingerprint density at radius 3 is 2.70 bits per heavy atom. The average molecular weight is 320 g/mol. The Morgan fingerprint density at radius 2 is 1.96 bits per heavy atom. The quantitative estimate of drug-likeness (QED) is 0.560. The Labute approximate surface area is 135 Å². The van der Waals surface area contributed by atoms with Crippen LogP contribution in [0.15, 0.2) is 36.4 Å². The van der Waals surface area contributed by atoms with Crippen LogP contribution >= 0.6 is 0 Å². The first-order valence-electron chi connectivity index (χ1n) is 7.80. The van der Waals surface area contributed by atoms with Gasteiger partial charge in [-0.25, -0.2) is 8.78 Å². The van der Waals surface area contributed by atoms with E-state index in [1.807, 2.05) is 25.1 Å². The zero-order valence-corrected chi connectivity index (χ0v) is 13.2. The van der Waals surface area contributed by atoms with Crippen molar-refractivity contribution in [2.24, 2.45) is 0 Å². The molecule has 0 unspecified atom stereocenters. The van der Waals surface area contributed by atoms with Crippen LogP contribution in [-0.2, 0) is 6.42 Å². The maximum Gasteiger partial charge on any atom is 0.146 e. The van der Waals surface area contributed by atoms with Gasteiger partial charge in [0.1, 0.15) is 17.4 Å². The normalized spacial score (nSPS) is 10.6. The molecule has 2 rings (SSSR count). The van der Waals surface area contributed by atoms with Gasteiger partial charge < -0.3 is 15.8 Å². The van der Waals surface area contributed by atoms with Crippen LogP contribution < -0.4 is 15.8 Å². The van der Waals surface area contributed by atoms with Crippen molar-refractivity contribution < 1.29 is 13.5 Å². The first-order chi connectivity index (χ1) is 11.1. The van der Waals surface area contributed by atoms with Crippen LogP contribution in [0.3, 0.4) is 0 Å². The minimum Gasteiger partial charge on any atom is -0.491 e. The molecule has 0 saturated carbocycles.